The number of rotatable bonds is 16. The Morgan fingerprint density at radius 2 is 1.42 bits per heavy atom. The zero-order chi connectivity index (χ0) is 32.1. The van der Waals surface area contributed by atoms with E-state index >= 15 is 0 Å². The minimum atomic E-state index is -3.94. The van der Waals surface area contributed by atoms with Crippen LogP contribution in [0.4, 0.5) is 5.69 Å². The van der Waals surface area contributed by atoms with Crippen LogP contribution in [-0.4, -0.2) is 54.1 Å². The summed E-state index contributed by atoms with van der Waals surface area (Å²) < 4.78 is 56.1. The minimum Gasteiger partial charge on any atom is -0.497 e. The molecule has 0 saturated heterocycles. The number of nitrogens with zero attached hydrogens (tertiary/aromatic N) is 1. The fourth-order valence-electron chi connectivity index (χ4n) is 4.01. The topological polar surface area (TPSA) is 134 Å². The molecule has 0 aliphatic rings. The molecule has 2 N–H and O–H groups in total. The van der Waals surface area contributed by atoms with Crippen LogP contribution in [0.1, 0.15) is 29.8 Å². The van der Waals surface area contributed by atoms with Crippen LogP contribution in [0.25, 0.3) is 0 Å². The summed E-state index contributed by atoms with van der Waals surface area (Å²) in [6.45, 7) is 5.43. The summed E-state index contributed by atoms with van der Waals surface area (Å²) in [5.74, 6) is 2.55. The number of amides is 1. The van der Waals surface area contributed by atoms with Crippen molar-refractivity contribution in [2.24, 2.45) is 5.10 Å². The van der Waals surface area contributed by atoms with Gasteiger partial charge in [-0.2, -0.15) is 5.10 Å². The van der Waals surface area contributed by atoms with Crippen LogP contribution in [0.5, 0.6) is 28.7 Å². The summed E-state index contributed by atoms with van der Waals surface area (Å²) >= 11 is 0. The SMILES string of the molecule is CCOc1ccc(OCCOc2ccc(/C=N\NC(=O)c3cccc(S(=O)(=O)Nc4ccc(OC)cc4)c3)cc2OCC)cc1. The number of methoxy groups -OCH3 is 1. The maximum absolute atomic E-state index is 12.9. The van der Waals surface area contributed by atoms with Crippen molar-refractivity contribution in [1.82, 2.24) is 5.43 Å². The number of carbonyl (C=O) groups excluding carboxylic acids is 1. The summed E-state index contributed by atoms with van der Waals surface area (Å²) in [6.07, 6.45) is 1.45. The van der Waals surface area contributed by atoms with Crippen LogP contribution in [0.3, 0.4) is 0 Å². The zero-order valence-corrected chi connectivity index (χ0v) is 26.0. The minimum absolute atomic E-state index is 0.0724. The molecule has 12 heteroatoms. The second-order valence-corrected chi connectivity index (χ2v) is 11.0. The lowest BCUT2D eigenvalue weighted by molar-refractivity contribution is 0.0955. The fourth-order valence-corrected chi connectivity index (χ4v) is 5.11. The van der Waals surface area contributed by atoms with E-state index in [9.17, 15) is 13.2 Å². The molecular weight excluding hydrogens is 598 g/mol. The molecule has 0 aromatic heterocycles. The summed E-state index contributed by atoms with van der Waals surface area (Å²) in [7, 11) is -2.42. The van der Waals surface area contributed by atoms with Crippen LogP contribution < -0.4 is 33.8 Å². The van der Waals surface area contributed by atoms with Gasteiger partial charge in [-0.25, -0.2) is 13.8 Å². The third-order valence-electron chi connectivity index (χ3n) is 6.14. The van der Waals surface area contributed by atoms with Gasteiger partial charge in [-0.1, -0.05) is 6.07 Å². The first-order valence-electron chi connectivity index (χ1n) is 14.2. The molecule has 1 amide bonds. The summed E-state index contributed by atoms with van der Waals surface area (Å²) in [6, 6.07) is 24.7. The number of nitrogens with one attached hydrogen (secondary N) is 2. The van der Waals surface area contributed by atoms with E-state index in [0.29, 0.717) is 60.7 Å². The van der Waals surface area contributed by atoms with Gasteiger partial charge in [0.2, 0.25) is 0 Å². The summed E-state index contributed by atoms with van der Waals surface area (Å²) in [5, 5.41) is 4.02. The second kappa shape index (κ2) is 16.0. The van der Waals surface area contributed by atoms with Crippen molar-refractivity contribution >= 4 is 27.8 Å². The molecule has 45 heavy (non-hydrogen) atoms. The molecule has 0 fully saturated rings. The molecule has 11 nitrogen and oxygen atoms in total. The maximum atomic E-state index is 12.9. The van der Waals surface area contributed by atoms with Gasteiger partial charge in [-0.15, -0.1) is 0 Å². The van der Waals surface area contributed by atoms with E-state index in [1.807, 2.05) is 38.1 Å². The van der Waals surface area contributed by atoms with Crippen molar-refractivity contribution < 1.29 is 36.9 Å². The monoisotopic (exact) mass is 633 g/mol. The quantitative estimate of drug-likeness (QED) is 0.0937. The Labute approximate surface area is 262 Å². The number of sulfonamides is 1. The first-order chi connectivity index (χ1) is 21.8. The van der Waals surface area contributed by atoms with E-state index in [0.717, 1.165) is 5.75 Å². The normalized spacial score (nSPS) is 11.1. The Morgan fingerprint density at radius 3 is 2.11 bits per heavy atom. The smallest absolute Gasteiger partial charge is 0.271 e. The molecule has 0 spiro atoms. The Hall–Kier alpha value is -5.23. The third-order valence-corrected chi connectivity index (χ3v) is 7.52. The van der Waals surface area contributed by atoms with Gasteiger partial charge in [-0.3, -0.25) is 9.52 Å². The fraction of sp³-hybridized carbons (Fsp3) is 0.212. The van der Waals surface area contributed by atoms with Crippen LogP contribution in [0, 0.1) is 0 Å². The Kier molecular flexibility index (Phi) is 11.6. The molecule has 0 bridgehead atoms. The number of benzene rings is 4. The molecule has 0 heterocycles. The summed E-state index contributed by atoms with van der Waals surface area (Å²) in [5.41, 5.74) is 3.56. The zero-order valence-electron chi connectivity index (χ0n) is 25.2. The van der Waals surface area contributed by atoms with Gasteiger partial charge < -0.3 is 23.7 Å². The first-order valence-corrected chi connectivity index (χ1v) is 15.6. The van der Waals surface area contributed by atoms with E-state index in [-0.39, 0.29) is 10.5 Å². The van der Waals surface area contributed by atoms with E-state index in [4.69, 9.17) is 23.7 Å². The van der Waals surface area contributed by atoms with Crippen LogP contribution >= 0.6 is 0 Å². The second-order valence-electron chi connectivity index (χ2n) is 9.30. The standard InChI is InChI=1S/C33H35N3O8S/c1-4-41-28-14-16-29(17-15-28)43-19-20-44-31-18-9-24(21-32(31)42-5-2)23-34-35-33(37)25-7-6-8-30(22-25)45(38,39)36-26-10-12-27(40-3)13-11-26/h6-18,21-23,36H,4-5,19-20H2,1-3H3,(H,35,37)/b34-23-. The van der Waals surface area contributed by atoms with E-state index in [1.165, 1.54) is 37.6 Å². The average molecular weight is 634 g/mol. The number of carbonyl (C=O) groups is 1. The van der Waals surface area contributed by atoms with E-state index < -0.39 is 15.9 Å². The molecule has 4 rings (SSSR count). The molecule has 236 valence electrons. The van der Waals surface area contributed by atoms with Crippen molar-refractivity contribution in [2.45, 2.75) is 18.7 Å². The van der Waals surface area contributed by atoms with Gasteiger partial charge in [0.1, 0.15) is 30.5 Å². The maximum Gasteiger partial charge on any atom is 0.271 e. The highest BCUT2D eigenvalue weighted by Gasteiger charge is 2.17. The molecule has 0 atom stereocenters. The Balaban J connectivity index is 1.32. The van der Waals surface area contributed by atoms with Gasteiger partial charge in [0.25, 0.3) is 15.9 Å². The molecular formula is C33H35N3O8S. The Morgan fingerprint density at radius 1 is 0.756 bits per heavy atom. The highest BCUT2D eigenvalue weighted by atomic mass is 32.2. The van der Waals surface area contributed by atoms with Gasteiger partial charge in [0, 0.05) is 11.3 Å². The summed E-state index contributed by atoms with van der Waals surface area (Å²) in [4.78, 5) is 12.7. The lowest BCUT2D eigenvalue weighted by atomic mass is 10.2. The van der Waals surface area contributed by atoms with Gasteiger partial charge in [0.15, 0.2) is 11.5 Å². The molecule has 0 saturated carbocycles. The lowest BCUT2D eigenvalue weighted by Crippen LogP contribution is -2.19. The van der Waals surface area contributed by atoms with Crippen molar-refractivity contribution in [3.05, 3.63) is 102 Å². The first kappa shape index (κ1) is 32.7. The van der Waals surface area contributed by atoms with Crippen molar-refractivity contribution in [1.29, 1.82) is 0 Å². The van der Waals surface area contributed by atoms with Crippen LogP contribution in [0.2, 0.25) is 0 Å². The third kappa shape index (κ3) is 9.63. The molecule has 0 aliphatic heterocycles. The van der Waals surface area contributed by atoms with Crippen LogP contribution in [0.15, 0.2) is 101 Å². The van der Waals surface area contributed by atoms with Gasteiger partial charge in [-0.05, 0) is 104 Å². The molecule has 4 aromatic carbocycles. The van der Waals surface area contributed by atoms with Crippen molar-refractivity contribution in [3.63, 3.8) is 0 Å². The molecule has 0 aliphatic carbocycles. The van der Waals surface area contributed by atoms with Crippen LogP contribution in [-0.2, 0) is 10.0 Å². The number of hydrazone groups is 1. The molecule has 0 radical (unpaired) electrons. The number of hydrogen-bond donors (Lipinski definition) is 2. The largest absolute Gasteiger partial charge is 0.497 e. The molecule has 4 aromatic rings. The predicted molar refractivity (Wildman–Crippen MR) is 172 cm³/mol. The van der Waals surface area contributed by atoms with Crippen molar-refractivity contribution in [2.75, 3.05) is 38.3 Å². The highest BCUT2D eigenvalue weighted by molar-refractivity contribution is 7.92. The van der Waals surface area contributed by atoms with Crippen molar-refractivity contribution in [3.8, 4) is 28.7 Å². The van der Waals surface area contributed by atoms with E-state index in [1.54, 1.807) is 42.5 Å². The lowest BCUT2D eigenvalue weighted by Gasteiger charge is -2.13. The number of ether oxygens (including phenoxy) is 5. The van der Waals surface area contributed by atoms with Gasteiger partial charge >= 0.3 is 0 Å². The number of anilines is 1. The average Bonchev–Trinajstić information content (AvgIpc) is 3.05. The van der Waals surface area contributed by atoms with Gasteiger partial charge in [0.05, 0.1) is 31.4 Å². The highest BCUT2D eigenvalue weighted by Crippen LogP contribution is 2.28. The Bertz CT molecular complexity index is 1690. The number of hydrogen-bond acceptors (Lipinski definition) is 9. The van der Waals surface area contributed by atoms with E-state index in [2.05, 4.69) is 15.2 Å². The predicted octanol–water partition coefficient (Wildman–Crippen LogP) is 5.52. The molecule has 0 unspecified atom stereocenters.